The largest absolute Gasteiger partial charge is 0.390 e. The number of benzene rings is 1. The molecule has 0 amide bonds. The van der Waals surface area contributed by atoms with Gasteiger partial charge in [-0.25, -0.2) is 0 Å². The number of likely N-dealkylation sites (N-methyl/N-ethyl adjacent to an activating group) is 1. The van der Waals surface area contributed by atoms with Gasteiger partial charge < -0.3 is 14.9 Å². The van der Waals surface area contributed by atoms with E-state index in [1.165, 1.54) is 11.1 Å². The zero-order chi connectivity index (χ0) is 15.5. The van der Waals surface area contributed by atoms with Crippen LogP contribution in [0.2, 0.25) is 0 Å². The van der Waals surface area contributed by atoms with Gasteiger partial charge in [-0.2, -0.15) is 0 Å². The highest BCUT2D eigenvalue weighted by atomic mass is 16.5. The highest BCUT2D eigenvalue weighted by Crippen LogP contribution is 2.17. The van der Waals surface area contributed by atoms with Crippen molar-refractivity contribution in [2.24, 2.45) is 0 Å². The first kappa shape index (κ1) is 16.4. The van der Waals surface area contributed by atoms with E-state index in [1.54, 1.807) is 0 Å². The summed E-state index contributed by atoms with van der Waals surface area (Å²) >= 11 is 0. The Morgan fingerprint density at radius 2 is 1.81 bits per heavy atom. The molecule has 0 aliphatic carbocycles. The molecule has 21 heavy (non-hydrogen) atoms. The van der Waals surface area contributed by atoms with Crippen molar-refractivity contribution >= 4 is 0 Å². The van der Waals surface area contributed by atoms with Crippen LogP contribution in [0.3, 0.4) is 0 Å². The maximum atomic E-state index is 9.84. The van der Waals surface area contributed by atoms with Crippen LogP contribution < -0.4 is 0 Å². The average Bonchev–Trinajstić information content (AvgIpc) is 2.83. The molecule has 0 aromatic heterocycles. The third-order valence-electron chi connectivity index (χ3n) is 4.07. The van der Waals surface area contributed by atoms with Gasteiger partial charge in [-0.1, -0.05) is 24.3 Å². The SMILES string of the molecule is CN(Cc1ccc(CCC(C)(C)O)cc1)[C@H]1COC[C@@H]1O. The van der Waals surface area contributed by atoms with Crippen LogP contribution in [0.25, 0.3) is 0 Å². The molecule has 4 nitrogen and oxygen atoms in total. The van der Waals surface area contributed by atoms with E-state index in [0.717, 1.165) is 19.4 Å². The normalized spacial score (nSPS) is 23.0. The lowest BCUT2D eigenvalue weighted by Crippen LogP contribution is -2.39. The summed E-state index contributed by atoms with van der Waals surface area (Å²) in [4.78, 5) is 2.14. The number of hydrogen-bond acceptors (Lipinski definition) is 4. The minimum atomic E-state index is -0.614. The number of ether oxygens (including phenoxy) is 1. The summed E-state index contributed by atoms with van der Waals surface area (Å²) < 4.78 is 5.30. The molecule has 2 atom stereocenters. The van der Waals surface area contributed by atoms with Crippen LogP contribution in [0.15, 0.2) is 24.3 Å². The van der Waals surface area contributed by atoms with Gasteiger partial charge >= 0.3 is 0 Å². The average molecular weight is 293 g/mol. The van der Waals surface area contributed by atoms with Gasteiger partial charge in [-0.3, -0.25) is 4.90 Å². The van der Waals surface area contributed by atoms with E-state index < -0.39 is 5.60 Å². The second-order valence-electron chi connectivity index (χ2n) is 6.72. The van der Waals surface area contributed by atoms with E-state index in [0.29, 0.717) is 13.2 Å². The van der Waals surface area contributed by atoms with E-state index in [2.05, 4.69) is 29.2 Å². The maximum absolute atomic E-state index is 9.84. The Bertz CT molecular complexity index is 438. The summed E-state index contributed by atoms with van der Waals surface area (Å²) in [5, 5.41) is 19.6. The summed E-state index contributed by atoms with van der Waals surface area (Å²) in [7, 11) is 2.02. The molecule has 1 aromatic carbocycles. The number of aliphatic hydroxyl groups excluding tert-OH is 1. The minimum absolute atomic E-state index is 0.0832. The fourth-order valence-electron chi connectivity index (χ4n) is 2.62. The fourth-order valence-corrected chi connectivity index (χ4v) is 2.62. The van der Waals surface area contributed by atoms with Crippen molar-refractivity contribution < 1.29 is 14.9 Å². The summed E-state index contributed by atoms with van der Waals surface area (Å²) in [6, 6.07) is 8.57. The maximum Gasteiger partial charge on any atom is 0.0950 e. The van der Waals surface area contributed by atoms with Crippen molar-refractivity contribution in [3.05, 3.63) is 35.4 Å². The molecule has 0 bridgehead atoms. The molecule has 2 N–H and O–H groups in total. The van der Waals surface area contributed by atoms with Gasteiger partial charge in [-0.15, -0.1) is 0 Å². The predicted octanol–water partition coefficient (Wildman–Crippen LogP) is 1.58. The third kappa shape index (κ3) is 5.08. The summed E-state index contributed by atoms with van der Waals surface area (Å²) in [5.41, 5.74) is 1.86. The smallest absolute Gasteiger partial charge is 0.0950 e. The lowest BCUT2D eigenvalue weighted by Gasteiger charge is -2.25. The van der Waals surface area contributed by atoms with Gasteiger partial charge in [0.25, 0.3) is 0 Å². The van der Waals surface area contributed by atoms with E-state index in [-0.39, 0.29) is 12.1 Å². The van der Waals surface area contributed by atoms with Crippen molar-refractivity contribution in [3.63, 3.8) is 0 Å². The first-order valence-corrected chi connectivity index (χ1v) is 7.61. The van der Waals surface area contributed by atoms with Gasteiger partial charge in [0, 0.05) is 6.54 Å². The van der Waals surface area contributed by atoms with E-state index in [1.807, 2.05) is 20.9 Å². The van der Waals surface area contributed by atoms with Crippen LogP contribution in [0.1, 0.15) is 31.4 Å². The van der Waals surface area contributed by atoms with Crippen LogP contribution in [0, 0.1) is 0 Å². The van der Waals surface area contributed by atoms with Gasteiger partial charge in [0.05, 0.1) is 31.0 Å². The molecule has 1 saturated heterocycles. The number of aliphatic hydroxyl groups is 2. The fraction of sp³-hybridized carbons (Fsp3) is 0.647. The topological polar surface area (TPSA) is 52.9 Å². The van der Waals surface area contributed by atoms with Crippen molar-refractivity contribution in [3.8, 4) is 0 Å². The Morgan fingerprint density at radius 3 is 2.33 bits per heavy atom. The molecule has 2 rings (SSSR count). The molecule has 0 unspecified atom stereocenters. The van der Waals surface area contributed by atoms with Crippen LogP contribution in [-0.4, -0.2) is 53.1 Å². The standard InChI is InChI=1S/C17H27NO3/c1-17(2,20)9-8-13-4-6-14(7-5-13)10-18(3)15-11-21-12-16(15)19/h4-7,15-16,19-20H,8-12H2,1-3H3/t15-,16-/m0/s1. The van der Waals surface area contributed by atoms with E-state index in [9.17, 15) is 10.2 Å². The van der Waals surface area contributed by atoms with Gasteiger partial charge in [0.15, 0.2) is 0 Å². The Kier molecular flexibility index (Phi) is 5.38. The first-order valence-electron chi connectivity index (χ1n) is 7.61. The van der Waals surface area contributed by atoms with Gasteiger partial charge in [0.2, 0.25) is 0 Å². The third-order valence-corrected chi connectivity index (χ3v) is 4.07. The lowest BCUT2D eigenvalue weighted by molar-refractivity contribution is 0.0714. The van der Waals surface area contributed by atoms with Crippen LogP contribution in [0.5, 0.6) is 0 Å². The van der Waals surface area contributed by atoms with Crippen LogP contribution >= 0.6 is 0 Å². The molecule has 1 aliphatic rings. The zero-order valence-electron chi connectivity index (χ0n) is 13.2. The van der Waals surface area contributed by atoms with E-state index in [4.69, 9.17) is 4.74 Å². The second kappa shape index (κ2) is 6.88. The Hall–Kier alpha value is -0.940. The van der Waals surface area contributed by atoms with Crippen molar-refractivity contribution in [1.29, 1.82) is 0 Å². The molecule has 0 radical (unpaired) electrons. The van der Waals surface area contributed by atoms with Gasteiger partial charge in [0.1, 0.15) is 0 Å². The molecule has 1 fully saturated rings. The Morgan fingerprint density at radius 1 is 1.19 bits per heavy atom. The van der Waals surface area contributed by atoms with Crippen LogP contribution in [-0.2, 0) is 17.7 Å². The molecular weight excluding hydrogens is 266 g/mol. The zero-order valence-corrected chi connectivity index (χ0v) is 13.2. The predicted molar refractivity (Wildman–Crippen MR) is 83.1 cm³/mol. The minimum Gasteiger partial charge on any atom is -0.390 e. The number of hydrogen-bond donors (Lipinski definition) is 2. The second-order valence-corrected chi connectivity index (χ2v) is 6.72. The molecule has 4 heteroatoms. The summed E-state index contributed by atoms with van der Waals surface area (Å²) in [6.07, 6.45) is 1.26. The quantitative estimate of drug-likeness (QED) is 0.836. The summed E-state index contributed by atoms with van der Waals surface area (Å²) in [6.45, 7) is 5.51. The number of rotatable bonds is 6. The molecule has 1 aromatic rings. The van der Waals surface area contributed by atoms with Crippen molar-refractivity contribution in [2.75, 3.05) is 20.3 Å². The lowest BCUT2D eigenvalue weighted by atomic mass is 9.98. The molecule has 0 saturated carbocycles. The van der Waals surface area contributed by atoms with E-state index >= 15 is 0 Å². The van der Waals surface area contributed by atoms with Crippen LogP contribution in [0.4, 0.5) is 0 Å². The molecular formula is C17H27NO3. The Balaban J connectivity index is 1.87. The highest BCUT2D eigenvalue weighted by molar-refractivity contribution is 5.23. The molecule has 1 aliphatic heterocycles. The summed E-state index contributed by atoms with van der Waals surface area (Å²) in [5.74, 6) is 0. The monoisotopic (exact) mass is 293 g/mol. The molecule has 0 spiro atoms. The highest BCUT2D eigenvalue weighted by Gasteiger charge is 2.29. The Labute approximate surface area is 127 Å². The van der Waals surface area contributed by atoms with Crippen molar-refractivity contribution in [1.82, 2.24) is 4.90 Å². The number of aryl methyl sites for hydroxylation is 1. The molecule has 1 heterocycles. The molecule has 118 valence electrons. The first-order chi connectivity index (χ1) is 9.85. The van der Waals surface area contributed by atoms with Crippen molar-refractivity contribution in [2.45, 2.75) is 51.0 Å². The van der Waals surface area contributed by atoms with Gasteiger partial charge in [-0.05, 0) is 44.9 Å². The number of nitrogens with zero attached hydrogens (tertiary/aromatic N) is 1.